The number of nitrogens with one attached hydrogen (secondary N) is 1. The molecule has 0 radical (unpaired) electrons. The molecule has 138 valence electrons. The third-order valence-corrected chi connectivity index (χ3v) is 3.86. The van der Waals surface area contributed by atoms with Gasteiger partial charge in [-0.3, -0.25) is 4.90 Å². The number of aromatic hydroxyl groups is 1. The van der Waals surface area contributed by atoms with Crippen molar-refractivity contribution in [3.63, 3.8) is 0 Å². The molecule has 1 aromatic rings. The molecule has 1 fully saturated rings. The van der Waals surface area contributed by atoms with Crippen molar-refractivity contribution in [1.82, 2.24) is 10.2 Å². The molecule has 2 rings (SSSR count). The molecule has 0 spiro atoms. The van der Waals surface area contributed by atoms with Gasteiger partial charge in [-0.25, -0.2) is 0 Å². The highest BCUT2D eigenvalue weighted by atomic mass is 35.5. The SMILES string of the molecule is CC(C)(C)[C@H](c1cc(OC(F)(F)F)ccc1O)N1CCNCC1.Cl. The standard InChI is InChI=1S/C16H23F3N2O2.ClH/c1-15(2,3)14(21-8-6-20-7-9-21)12-10-11(4-5-13(12)22)23-16(17,18)19;/h4-5,10,14,20,22H,6-9H2,1-3H3;1H/t14-;/m0./s1. The maximum atomic E-state index is 12.5. The lowest BCUT2D eigenvalue weighted by molar-refractivity contribution is -0.274. The maximum Gasteiger partial charge on any atom is 0.573 e. The Morgan fingerprint density at radius 2 is 1.75 bits per heavy atom. The molecule has 2 N–H and O–H groups in total. The number of ether oxygens (including phenoxy) is 1. The summed E-state index contributed by atoms with van der Waals surface area (Å²) >= 11 is 0. The van der Waals surface area contributed by atoms with Crippen molar-refractivity contribution in [1.29, 1.82) is 0 Å². The zero-order chi connectivity index (χ0) is 17.3. The van der Waals surface area contributed by atoms with Gasteiger partial charge in [0.05, 0.1) is 0 Å². The summed E-state index contributed by atoms with van der Waals surface area (Å²) in [5, 5.41) is 13.5. The lowest BCUT2D eigenvalue weighted by Crippen LogP contribution is -2.48. The second-order valence-electron chi connectivity index (χ2n) is 6.82. The van der Waals surface area contributed by atoms with Crippen LogP contribution in [0.5, 0.6) is 11.5 Å². The Balaban J connectivity index is 0.00000288. The van der Waals surface area contributed by atoms with E-state index in [1.807, 2.05) is 20.8 Å². The number of hydrogen-bond donors (Lipinski definition) is 2. The molecule has 1 saturated heterocycles. The van der Waals surface area contributed by atoms with Crippen LogP contribution in [0.15, 0.2) is 18.2 Å². The number of halogens is 4. The summed E-state index contributed by atoms with van der Waals surface area (Å²) in [7, 11) is 0. The first-order chi connectivity index (χ1) is 10.6. The van der Waals surface area contributed by atoms with Crippen LogP contribution in [-0.4, -0.2) is 42.5 Å². The van der Waals surface area contributed by atoms with Crippen molar-refractivity contribution < 1.29 is 23.0 Å². The molecule has 4 nitrogen and oxygen atoms in total. The molecule has 0 bridgehead atoms. The molecular weight excluding hydrogens is 345 g/mol. The van der Waals surface area contributed by atoms with Crippen LogP contribution < -0.4 is 10.1 Å². The van der Waals surface area contributed by atoms with E-state index in [0.29, 0.717) is 5.56 Å². The topological polar surface area (TPSA) is 44.7 Å². The number of piperazine rings is 1. The molecule has 0 amide bonds. The van der Waals surface area contributed by atoms with E-state index >= 15 is 0 Å². The minimum Gasteiger partial charge on any atom is -0.508 e. The van der Waals surface area contributed by atoms with E-state index in [0.717, 1.165) is 32.2 Å². The Labute approximate surface area is 146 Å². The smallest absolute Gasteiger partial charge is 0.508 e. The number of phenols is 1. The number of alkyl halides is 3. The molecule has 1 aliphatic heterocycles. The van der Waals surface area contributed by atoms with E-state index in [1.165, 1.54) is 12.1 Å². The summed E-state index contributed by atoms with van der Waals surface area (Å²) < 4.78 is 41.4. The Hall–Kier alpha value is -1.18. The van der Waals surface area contributed by atoms with Gasteiger partial charge >= 0.3 is 6.36 Å². The van der Waals surface area contributed by atoms with E-state index in [2.05, 4.69) is 15.0 Å². The van der Waals surface area contributed by atoms with Crippen LogP contribution in [0, 0.1) is 5.41 Å². The highest BCUT2D eigenvalue weighted by Gasteiger charge is 2.36. The normalized spacial score (nSPS) is 17.9. The van der Waals surface area contributed by atoms with E-state index in [-0.39, 0.29) is 35.4 Å². The molecule has 8 heteroatoms. The van der Waals surface area contributed by atoms with Crippen LogP contribution in [0.1, 0.15) is 32.4 Å². The molecule has 0 unspecified atom stereocenters. The monoisotopic (exact) mass is 368 g/mol. The minimum absolute atomic E-state index is 0. The van der Waals surface area contributed by atoms with Crippen LogP contribution in [-0.2, 0) is 0 Å². The maximum absolute atomic E-state index is 12.5. The summed E-state index contributed by atoms with van der Waals surface area (Å²) in [6.45, 7) is 9.19. The molecule has 1 heterocycles. The fourth-order valence-corrected chi connectivity index (χ4v) is 3.10. The first-order valence-electron chi connectivity index (χ1n) is 7.61. The van der Waals surface area contributed by atoms with E-state index in [4.69, 9.17) is 0 Å². The quantitative estimate of drug-likeness (QED) is 0.853. The molecule has 0 saturated carbocycles. The molecule has 1 atom stereocenters. The summed E-state index contributed by atoms with van der Waals surface area (Å²) in [6, 6.07) is 3.48. The Morgan fingerprint density at radius 3 is 2.25 bits per heavy atom. The second kappa shape index (κ2) is 7.80. The number of benzene rings is 1. The van der Waals surface area contributed by atoms with Crippen molar-refractivity contribution >= 4 is 12.4 Å². The molecule has 0 aromatic heterocycles. The van der Waals surface area contributed by atoms with Crippen LogP contribution in [0.4, 0.5) is 13.2 Å². The average Bonchev–Trinajstić information content (AvgIpc) is 2.41. The number of hydrogen-bond acceptors (Lipinski definition) is 4. The van der Waals surface area contributed by atoms with Gasteiger partial charge in [-0.15, -0.1) is 25.6 Å². The van der Waals surface area contributed by atoms with Gasteiger partial charge in [-0.2, -0.15) is 0 Å². The number of nitrogens with zero attached hydrogens (tertiary/aromatic N) is 1. The first kappa shape index (κ1) is 20.9. The van der Waals surface area contributed by atoms with Gasteiger partial charge in [0.25, 0.3) is 0 Å². The van der Waals surface area contributed by atoms with E-state index in [1.54, 1.807) is 0 Å². The van der Waals surface area contributed by atoms with Gasteiger partial charge in [0.2, 0.25) is 0 Å². The van der Waals surface area contributed by atoms with Crippen molar-refractivity contribution in [3.05, 3.63) is 23.8 Å². The van der Waals surface area contributed by atoms with Gasteiger partial charge in [0, 0.05) is 37.8 Å². The number of rotatable bonds is 3. The van der Waals surface area contributed by atoms with Crippen molar-refractivity contribution in [3.8, 4) is 11.5 Å². The average molecular weight is 369 g/mol. The van der Waals surface area contributed by atoms with Gasteiger partial charge in [-0.05, 0) is 23.6 Å². The van der Waals surface area contributed by atoms with E-state index in [9.17, 15) is 18.3 Å². The molecule has 1 aliphatic rings. The summed E-state index contributed by atoms with van der Waals surface area (Å²) in [4.78, 5) is 2.18. The van der Waals surface area contributed by atoms with Crippen molar-refractivity contribution in [2.75, 3.05) is 26.2 Å². The van der Waals surface area contributed by atoms with Gasteiger partial charge in [0.15, 0.2) is 0 Å². The summed E-state index contributed by atoms with van der Waals surface area (Å²) in [6.07, 6.45) is -4.75. The minimum atomic E-state index is -4.75. The van der Waals surface area contributed by atoms with Crippen LogP contribution in [0.25, 0.3) is 0 Å². The van der Waals surface area contributed by atoms with Crippen LogP contribution in [0.2, 0.25) is 0 Å². The van der Waals surface area contributed by atoms with Gasteiger partial charge < -0.3 is 15.2 Å². The van der Waals surface area contributed by atoms with Crippen molar-refractivity contribution in [2.24, 2.45) is 5.41 Å². The molecule has 24 heavy (non-hydrogen) atoms. The predicted molar refractivity (Wildman–Crippen MR) is 88.7 cm³/mol. The van der Waals surface area contributed by atoms with Crippen molar-refractivity contribution in [2.45, 2.75) is 33.2 Å². The highest BCUT2D eigenvalue weighted by molar-refractivity contribution is 5.85. The number of phenolic OH excluding ortho intramolecular Hbond substituents is 1. The van der Waals surface area contributed by atoms with Crippen LogP contribution in [0.3, 0.4) is 0 Å². The third kappa shape index (κ3) is 5.43. The fraction of sp³-hybridized carbons (Fsp3) is 0.625. The Bertz CT molecular complexity index is 541. The predicted octanol–water partition coefficient (Wildman–Crippen LogP) is 3.71. The zero-order valence-electron chi connectivity index (χ0n) is 14.0. The Morgan fingerprint density at radius 1 is 1.17 bits per heavy atom. The van der Waals surface area contributed by atoms with Crippen LogP contribution >= 0.6 is 12.4 Å². The molecule has 1 aromatic carbocycles. The van der Waals surface area contributed by atoms with Gasteiger partial charge in [0.1, 0.15) is 11.5 Å². The molecular formula is C16H24ClF3N2O2. The van der Waals surface area contributed by atoms with Gasteiger partial charge in [-0.1, -0.05) is 20.8 Å². The fourth-order valence-electron chi connectivity index (χ4n) is 3.10. The summed E-state index contributed by atoms with van der Waals surface area (Å²) in [5.41, 5.74) is 0.201. The summed E-state index contributed by atoms with van der Waals surface area (Å²) in [5.74, 6) is -0.326. The first-order valence-corrected chi connectivity index (χ1v) is 7.61. The Kier molecular flexibility index (Phi) is 6.78. The highest BCUT2D eigenvalue weighted by Crippen LogP contribution is 2.43. The molecule has 0 aliphatic carbocycles. The second-order valence-corrected chi connectivity index (χ2v) is 6.82. The lowest BCUT2D eigenvalue weighted by Gasteiger charge is -2.42. The van der Waals surface area contributed by atoms with E-state index < -0.39 is 6.36 Å². The third-order valence-electron chi connectivity index (χ3n) is 3.86. The largest absolute Gasteiger partial charge is 0.573 e. The lowest BCUT2D eigenvalue weighted by atomic mass is 9.80. The zero-order valence-corrected chi connectivity index (χ0v) is 14.8.